The molecule has 0 fully saturated rings. The molecule has 3 amide bonds. The number of ether oxygens (including phenoxy) is 1. The molecule has 1 heterocycles. The van der Waals surface area contributed by atoms with Crippen molar-refractivity contribution in [3.05, 3.63) is 70.9 Å². The zero-order valence-electron chi connectivity index (χ0n) is 22.2. The first-order valence-corrected chi connectivity index (χ1v) is 12.7. The van der Waals surface area contributed by atoms with Crippen molar-refractivity contribution < 1.29 is 23.6 Å². The van der Waals surface area contributed by atoms with E-state index in [9.17, 15) is 14.4 Å². The van der Waals surface area contributed by atoms with E-state index in [0.717, 1.165) is 0 Å². The maximum atomic E-state index is 13.8. The van der Waals surface area contributed by atoms with Gasteiger partial charge in [-0.1, -0.05) is 47.9 Å². The summed E-state index contributed by atoms with van der Waals surface area (Å²) in [6.07, 6.45) is 0.358. The van der Waals surface area contributed by atoms with Gasteiger partial charge in [0.1, 0.15) is 17.6 Å². The number of hydrogen-bond donors (Lipinski definition) is 2. The van der Waals surface area contributed by atoms with Crippen molar-refractivity contribution in [1.29, 1.82) is 0 Å². The predicted octanol–water partition coefficient (Wildman–Crippen LogP) is 5.44. The molecule has 1 aromatic heterocycles. The van der Waals surface area contributed by atoms with Crippen LogP contribution in [0.3, 0.4) is 0 Å². The Balaban J connectivity index is 2.00. The Bertz CT molecular complexity index is 1290. The van der Waals surface area contributed by atoms with E-state index < -0.39 is 29.3 Å². The number of nitrogens with zero attached hydrogens (tertiary/aromatic N) is 2. The smallest absolute Gasteiger partial charge is 0.248 e. The number of carbonyl (C=O) groups excluding carboxylic acids is 3. The van der Waals surface area contributed by atoms with Crippen LogP contribution in [0.15, 0.2) is 59.1 Å². The minimum atomic E-state index is -1.10. The number of methoxy groups -OCH3 is 1. The quantitative estimate of drug-likeness (QED) is 0.334. The summed E-state index contributed by atoms with van der Waals surface area (Å²) < 4.78 is 10.3. The molecule has 0 bridgehead atoms. The maximum absolute atomic E-state index is 13.8. The van der Waals surface area contributed by atoms with Crippen LogP contribution in [-0.4, -0.2) is 35.5 Å². The number of halogens is 1. The van der Waals surface area contributed by atoms with Crippen LogP contribution in [0.4, 0.5) is 11.5 Å². The van der Waals surface area contributed by atoms with Crippen molar-refractivity contribution in [2.75, 3.05) is 17.3 Å². The minimum Gasteiger partial charge on any atom is -0.497 e. The van der Waals surface area contributed by atoms with Crippen LogP contribution in [0.1, 0.15) is 57.4 Å². The number of carbonyl (C=O) groups is 3. The van der Waals surface area contributed by atoms with Crippen LogP contribution >= 0.6 is 11.6 Å². The third kappa shape index (κ3) is 7.35. The van der Waals surface area contributed by atoms with Crippen molar-refractivity contribution in [2.24, 2.45) is 0 Å². The Labute approximate surface area is 227 Å². The molecule has 2 aromatic carbocycles. The maximum Gasteiger partial charge on any atom is 0.248 e. The standard InChI is InChI=1S/C28H33ClN4O5/c1-6-28(3,4)31-27(36)26(21-12-7-8-13-22(21)29)33(19-10-9-11-20(17-19)37-5)25(35)15-14-24(34)30-23-16-18(2)38-32-23/h7-13,16-17,26H,6,14-15H2,1-5H3,(H,31,36)(H,30,32,34)/t26-/m1/s1. The van der Waals surface area contributed by atoms with Crippen LogP contribution in [0.2, 0.25) is 5.02 Å². The van der Waals surface area contributed by atoms with Gasteiger partial charge in [-0.3, -0.25) is 19.3 Å². The Morgan fingerprint density at radius 2 is 1.84 bits per heavy atom. The average molecular weight is 541 g/mol. The highest BCUT2D eigenvalue weighted by Gasteiger charge is 2.36. The zero-order chi connectivity index (χ0) is 27.9. The summed E-state index contributed by atoms with van der Waals surface area (Å²) in [6, 6.07) is 14.2. The molecule has 0 saturated heterocycles. The molecule has 0 aliphatic heterocycles. The van der Waals surface area contributed by atoms with Crippen LogP contribution < -0.4 is 20.3 Å². The summed E-state index contributed by atoms with van der Waals surface area (Å²) in [4.78, 5) is 41.6. The molecular weight excluding hydrogens is 508 g/mol. The largest absolute Gasteiger partial charge is 0.497 e. The molecule has 0 spiro atoms. The first-order chi connectivity index (χ1) is 18.0. The van der Waals surface area contributed by atoms with E-state index in [1.54, 1.807) is 61.5 Å². The molecule has 0 saturated carbocycles. The molecule has 3 aromatic rings. The van der Waals surface area contributed by atoms with Crippen molar-refractivity contribution >= 4 is 40.8 Å². The van der Waals surface area contributed by atoms with E-state index >= 15 is 0 Å². The second-order valence-electron chi connectivity index (χ2n) is 9.49. The third-order valence-corrected chi connectivity index (χ3v) is 6.46. The highest BCUT2D eigenvalue weighted by molar-refractivity contribution is 6.31. The van der Waals surface area contributed by atoms with E-state index in [1.807, 2.05) is 20.8 Å². The summed E-state index contributed by atoms with van der Waals surface area (Å²) >= 11 is 6.56. The lowest BCUT2D eigenvalue weighted by Gasteiger charge is -2.35. The third-order valence-electron chi connectivity index (χ3n) is 6.11. The van der Waals surface area contributed by atoms with Crippen molar-refractivity contribution in [1.82, 2.24) is 10.5 Å². The van der Waals surface area contributed by atoms with Gasteiger partial charge >= 0.3 is 0 Å². The van der Waals surface area contributed by atoms with E-state index in [0.29, 0.717) is 34.2 Å². The fourth-order valence-electron chi connectivity index (χ4n) is 3.75. The highest BCUT2D eigenvalue weighted by atomic mass is 35.5. The first kappa shape index (κ1) is 28.7. The SMILES string of the molecule is CCC(C)(C)NC(=O)[C@@H](c1ccccc1Cl)N(C(=O)CCC(=O)Nc1cc(C)on1)c1cccc(OC)c1. The molecule has 0 aliphatic rings. The van der Waals surface area contributed by atoms with Gasteiger partial charge in [0.25, 0.3) is 0 Å². The number of aryl methyl sites for hydroxylation is 1. The fourth-order valence-corrected chi connectivity index (χ4v) is 3.99. The average Bonchev–Trinajstić information content (AvgIpc) is 3.30. The van der Waals surface area contributed by atoms with Gasteiger partial charge in [-0.2, -0.15) is 0 Å². The van der Waals surface area contributed by atoms with E-state index in [-0.39, 0.29) is 18.7 Å². The van der Waals surface area contributed by atoms with Crippen LogP contribution in [0, 0.1) is 6.92 Å². The summed E-state index contributed by atoms with van der Waals surface area (Å²) in [7, 11) is 1.52. The number of amides is 3. The van der Waals surface area contributed by atoms with Crippen molar-refractivity contribution in [2.45, 2.75) is 58.5 Å². The Morgan fingerprint density at radius 1 is 1.11 bits per heavy atom. The van der Waals surface area contributed by atoms with Gasteiger partial charge in [-0.25, -0.2) is 0 Å². The molecular formula is C28H33ClN4O5. The lowest BCUT2D eigenvalue weighted by molar-refractivity contribution is -0.128. The topological polar surface area (TPSA) is 114 Å². The molecule has 0 radical (unpaired) electrons. The Hall–Kier alpha value is -3.85. The molecule has 202 valence electrons. The molecule has 2 N–H and O–H groups in total. The number of hydrogen-bond acceptors (Lipinski definition) is 6. The van der Waals surface area contributed by atoms with Gasteiger partial charge in [-0.15, -0.1) is 0 Å². The molecule has 0 aliphatic carbocycles. The fraction of sp³-hybridized carbons (Fsp3) is 0.357. The van der Waals surface area contributed by atoms with Crippen LogP contribution in [0.5, 0.6) is 5.75 Å². The summed E-state index contributed by atoms with van der Waals surface area (Å²) in [5, 5.41) is 9.73. The molecule has 0 unspecified atom stereocenters. The van der Waals surface area contributed by atoms with Crippen molar-refractivity contribution in [3.8, 4) is 5.75 Å². The van der Waals surface area contributed by atoms with E-state index in [2.05, 4.69) is 15.8 Å². The molecule has 10 heteroatoms. The zero-order valence-corrected chi connectivity index (χ0v) is 23.0. The van der Waals surface area contributed by atoms with Gasteiger partial charge in [0.2, 0.25) is 17.7 Å². The van der Waals surface area contributed by atoms with Gasteiger partial charge in [-0.05, 0) is 45.4 Å². The molecule has 9 nitrogen and oxygen atoms in total. The summed E-state index contributed by atoms with van der Waals surface area (Å²) in [6.45, 7) is 7.48. The summed E-state index contributed by atoms with van der Waals surface area (Å²) in [5.41, 5.74) is 0.350. The Morgan fingerprint density at radius 3 is 2.47 bits per heavy atom. The lowest BCUT2D eigenvalue weighted by atomic mass is 9.98. The number of aromatic nitrogens is 1. The highest BCUT2D eigenvalue weighted by Crippen LogP contribution is 2.34. The first-order valence-electron chi connectivity index (χ1n) is 12.3. The normalized spacial score (nSPS) is 11.9. The summed E-state index contributed by atoms with van der Waals surface area (Å²) in [5.74, 6) is 0.0569. The molecule has 3 rings (SSSR count). The number of benzene rings is 2. The number of rotatable bonds is 11. The minimum absolute atomic E-state index is 0.136. The monoisotopic (exact) mass is 540 g/mol. The van der Waals surface area contributed by atoms with E-state index in [4.69, 9.17) is 20.9 Å². The molecule has 1 atom stereocenters. The predicted molar refractivity (Wildman–Crippen MR) is 146 cm³/mol. The van der Waals surface area contributed by atoms with E-state index in [1.165, 1.54) is 12.0 Å². The second kappa shape index (κ2) is 12.6. The Kier molecular flexibility index (Phi) is 9.52. The van der Waals surface area contributed by atoms with Gasteiger partial charge < -0.3 is 19.9 Å². The van der Waals surface area contributed by atoms with Gasteiger partial charge in [0.15, 0.2) is 5.82 Å². The van der Waals surface area contributed by atoms with Gasteiger partial charge in [0, 0.05) is 46.8 Å². The van der Waals surface area contributed by atoms with Crippen molar-refractivity contribution in [3.63, 3.8) is 0 Å². The lowest BCUT2D eigenvalue weighted by Crippen LogP contribution is -2.50. The van der Waals surface area contributed by atoms with Gasteiger partial charge in [0.05, 0.1) is 7.11 Å². The number of anilines is 2. The van der Waals surface area contributed by atoms with Crippen LogP contribution in [-0.2, 0) is 14.4 Å². The second-order valence-corrected chi connectivity index (χ2v) is 9.89. The van der Waals surface area contributed by atoms with Crippen LogP contribution in [0.25, 0.3) is 0 Å². The molecule has 38 heavy (non-hydrogen) atoms. The number of nitrogens with one attached hydrogen (secondary N) is 2.